The minimum absolute atomic E-state index is 0.208. The van der Waals surface area contributed by atoms with Gasteiger partial charge in [0.2, 0.25) is 0 Å². The van der Waals surface area contributed by atoms with Crippen LogP contribution in [0.2, 0.25) is 0 Å². The van der Waals surface area contributed by atoms with E-state index < -0.39 is 0 Å². The topological polar surface area (TPSA) is 26.0 Å². The first-order chi connectivity index (χ1) is 8.61. The Morgan fingerprint density at radius 1 is 1.17 bits per heavy atom. The van der Waals surface area contributed by atoms with Gasteiger partial charge in [-0.3, -0.25) is 0 Å². The number of benzene rings is 2. The first-order valence-electron chi connectivity index (χ1n) is 5.87. The molecule has 0 aliphatic carbocycles. The third-order valence-electron chi connectivity index (χ3n) is 3.00. The third kappa shape index (κ3) is 2.79. The Kier molecular flexibility index (Phi) is 4.15. The molecule has 1 nitrogen and oxygen atoms in total. The maximum Gasteiger partial charge on any atom is 0.131 e. The van der Waals surface area contributed by atoms with Gasteiger partial charge in [-0.2, -0.15) is 0 Å². The lowest BCUT2D eigenvalue weighted by atomic mass is 9.98. The van der Waals surface area contributed by atoms with Crippen molar-refractivity contribution in [1.29, 1.82) is 0 Å². The van der Waals surface area contributed by atoms with E-state index in [9.17, 15) is 4.39 Å². The zero-order chi connectivity index (χ0) is 13.1. The second-order valence-electron chi connectivity index (χ2n) is 4.30. The highest BCUT2D eigenvalue weighted by molar-refractivity contribution is 9.10. The number of hydrogen-bond acceptors (Lipinski definition) is 1. The summed E-state index contributed by atoms with van der Waals surface area (Å²) in [4.78, 5) is 0. The van der Waals surface area contributed by atoms with Gasteiger partial charge in [-0.15, -0.1) is 0 Å². The van der Waals surface area contributed by atoms with E-state index in [1.165, 1.54) is 17.2 Å². The van der Waals surface area contributed by atoms with Crippen molar-refractivity contribution in [2.45, 2.75) is 13.3 Å². The summed E-state index contributed by atoms with van der Waals surface area (Å²) in [5.74, 6) is -0.208. The summed E-state index contributed by atoms with van der Waals surface area (Å²) in [7, 11) is 0. The van der Waals surface area contributed by atoms with E-state index in [2.05, 4.69) is 15.9 Å². The Bertz CT molecular complexity index is 566. The molecule has 0 aliphatic heterocycles. The maximum absolute atomic E-state index is 13.8. The van der Waals surface area contributed by atoms with Crippen molar-refractivity contribution in [3.63, 3.8) is 0 Å². The number of halogens is 2. The Balaban J connectivity index is 2.50. The van der Waals surface area contributed by atoms with Crippen LogP contribution in [0.5, 0.6) is 0 Å². The monoisotopic (exact) mass is 307 g/mol. The molecule has 2 aromatic rings. The molecule has 0 spiro atoms. The Morgan fingerprint density at radius 3 is 2.67 bits per heavy atom. The minimum Gasteiger partial charge on any atom is -0.330 e. The van der Waals surface area contributed by atoms with Crippen molar-refractivity contribution < 1.29 is 4.39 Å². The van der Waals surface area contributed by atoms with Gasteiger partial charge >= 0.3 is 0 Å². The molecule has 2 N–H and O–H groups in total. The predicted octanol–water partition coefficient (Wildman–Crippen LogP) is 4.06. The summed E-state index contributed by atoms with van der Waals surface area (Å²) >= 11 is 3.37. The average molecular weight is 308 g/mol. The van der Waals surface area contributed by atoms with E-state index in [1.807, 2.05) is 25.1 Å². The molecule has 94 valence electrons. The summed E-state index contributed by atoms with van der Waals surface area (Å²) in [6, 6.07) is 11.0. The first-order valence-corrected chi connectivity index (χ1v) is 6.66. The standard InChI is InChI=1S/C15H15BrFN/c1-10-2-3-12(8-11(10)6-7-18)14-9-13(16)4-5-15(14)17/h2-5,8-9H,6-7,18H2,1H3. The highest BCUT2D eigenvalue weighted by Gasteiger charge is 2.07. The molecule has 0 heterocycles. The maximum atomic E-state index is 13.8. The SMILES string of the molecule is Cc1ccc(-c2cc(Br)ccc2F)cc1CCN. The molecule has 0 amide bonds. The Morgan fingerprint density at radius 2 is 1.94 bits per heavy atom. The highest BCUT2D eigenvalue weighted by Crippen LogP contribution is 2.28. The molecule has 0 saturated carbocycles. The second kappa shape index (κ2) is 5.63. The van der Waals surface area contributed by atoms with Gasteiger partial charge in [0.25, 0.3) is 0 Å². The van der Waals surface area contributed by atoms with Gasteiger partial charge in [-0.05, 0) is 54.8 Å². The molecule has 3 heteroatoms. The van der Waals surface area contributed by atoms with Crippen molar-refractivity contribution in [3.8, 4) is 11.1 Å². The average Bonchev–Trinajstić information content (AvgIpc) is 2.35. The molecule has 0 unspecified atom stereocenters. The van der Waals surface area contributed by atoms with Gasteiger partial charge in [0.05, 0.1) is 0 Å². The van der Waals surface area contributed by atoms with Crippen LogP contribution in [0.15, 0.2) is 40.9 Å². The lowest BCUT2D eigenvalue weighted by Crippen LogP contribution is -2.04. The number of aryl methyl sites for hydroxylation is 1. The van der Waals surface area contributed by atoms with Crippen LogP contribution < -0.4 is 5.73 Å². The molecule has 0 atom stereocenters. The molecular formula is C15H15BrFN. The molecule has 0 fully saturated rings. The third-order valence-corrected chi connectivity index (χ3v) is 3.50. The van der Waals surface area contributed by atoms with E-state index in [1.54, 1.807) is 12.1 Å². The largest absolute Gasteiger partial charge is 0.330 e. The Hall–Kier alpha value is -1.19. The zero-order valence-corrected chi connectivity index (χ0v) is 11.8. The molecule has 2 aromatic carbocycles. The number of nitrogens with two attached hydrogens (primary N) is 1. The predicted molar refractivity (Wildman–Crippen MR) is 77.0 cm³/mol. The van der Waals surface area contributed by atoms with Crippen molar-refractivity contribution in [1.82, 2.24) is 0 Å². The summed E-state index contributed by atoms with van der Waals surface area (Å²) in [6.07, 6.45) is 0.815. The molecule has 0 saturated heterocycles. The molecule has 0 bridgehead atoms. The van der Waals surface area contributed by atoms with Crippen LogP contribution in [0, 0.1) is 12.7 Å². The van der Waals surface area contributed by atoms with Crippen LogP contribution in [0.3, 0.4) is 0 Å². The van der Waals surface area contributed by atoms with Gasteiger partial charge in [0.15, 0.2) is 0 Å². The molecule has 0 aliphatic rings. The van der Waals surface area contributed by atoms with Gasteiger partial charge in [0.1, 0.15) is 5.82 Å². The second-order valence-corrected chi connectivity index (χ2v) is 5.22. The van der Waals surface area contributed by atoms with E-state index in [4.69, 9.17) is 5.73 Å². The highest BCUT2D eigenvalue weighted by atomic mass is 79.9. The van der Waals surface area contributed by atoms with Crippen molar-refractivity contribution in [2.75, 3.05) is 6.54 Å². The van der Waals surface area contributed by atoms with E-state index >= 15 is 0 Å². The fourth-order valence-electron chi connectivity index (χ4n) is 1.98. The number of rotatable bonds is 3. The smallest absolute Gasteiger partial charge is 0.131 e. The van der Waals surface area contributed by atoms with Gasteiger partial charge in [-0.1, -0.05) is 34.1 Å². The lowest BCUT2D eigenvalue weighted by molar-refractivity contribution is 0.631. The van der Waals surface area contributed by atoms with Gasteiger partial charge in [-0.25, -0.2) is 4.39 Å². The zero-order valence-electron chi connectivity index (χ0n) is 10.2. The van der Waals surface area contributed by atoms with E-state index in [0.29, 0.717) is 12.1 Å². The van der Waals surface area contributed by atoms with Crippen molar-refractivity contribution >= 4 is 15.9 Å². The summed E-state index contributed by atoms with van der Waals surface area (Å²) in [6.45, 7) is 2.65. The summed E-state index contributed by atoms with van der Waals surface area (Å²) in [5, 5.41) is 0. The minimum atomic E-state index is -0.208. The van der Waals surface area contributed by atoms with E-state index in [-0.39, 0.29) is 5.82 Å². The quantitative estimate of drug-likeness (QED) is 0.909. The fraction of sp³-hybridized carbons (Fsp3) is 0.200. The van der Waals surface area contributed by atoms with Gasteiger partial charge in [0, 0.05) is 10.0 Å². The normalized spacial score (nSPS) is 10.7. The van der Waals surface area contributed by atoms with Crippen LogP contribution >= 0.6 is 15.9 Å². The van der Waals surface area contributed by atoms with Crippen LogP contribution in [0.1, 0.15) is 11.1 Å². The van der Waals surface area contributed by atoms with Crippen LogP contribution in [0.25, 0.3) is 11.1 Å². The summed E-state index contributed by atoms with van der Waals surface area (Å²) in [5.41, 5.74) is 9.47. The van der Waals surface area contributed by atoms with Crippen LogP contribution in [-0.4, -0.2) is 6.54 Å². The molecule has 18 heavy (non-hydrogen) atoms. The van der Waals surface area contributed by atoms with Gasteiger partial charge < -0.3 is 5.73 Å². The van der Waals surface area contributed by atoms with E-state index in [0.717, 1.165) is 16.5 Å². The first kappa shape index (κ1) is 13.2. The summed E-state index contributed by atoms with van der Waals surface area (Å²) < 4.78 is 14.7. The van der Waals surface area contributed by atoms with Crippen LogP contribution in [-0.2, 0) is 6.42 Å². The van der Waals surface area contributed by atoms with Crippen molar-refractivity contribution in [3.05, 3.63) is 57.8 Å². The molecule has 0 radical (unpaired) electrons. The number of hydrogen-bond donors (Lipinski definition) is 1. The van der Waals surface area contributed by atoms with Crippen LogP contribution in [0.4, 0.5) is 4.39 Å². The lowest BCUT2D eigenvalue weighted by Gasteiger charge is -2.09. The molecular weight excluding hydrogens is 293 g/mol. The molecule has 0 aromatic heterocycles. The molecule has 2 rings (SSSR count). The van der Waals surface area contributed by atoms with Crippen molar-refractivity contribution in [2.24, 2.45) is 5.73 Å². The Labute approximate surface area is 115 Å². The fourth-order valence-corrected chi connectivity index (χ4v) is 2.34.